The Kier molecular flexibility index (Phi) is 4.31. The Morgan fingerprint density at radius 1 is 1.42 bits per heavy atom. The third-order valence-corrected chi connectivity index (χ3v) is 3.98. The Hall–Kier alpha value is -1.28. The smallest absolute Gasteiger partial charge is 0.244 e. The predicted molar refractivity (Wildman–Crippen MR) is 80.0 cm³/mol. The number of carbonyl (C=O) groups excluding carboxylic acids is 1. The minimum Gasteiger partial charge on any atom is -0.350 e. The van der Waals surface area contributed by atoms with E-state index in [0.29, 0.717) is 16.5 Å². The Bertz CT molecular complexity index is 493. The van der Waals surface area contributed by atoms with Crippen molar-refractivity contribution < 1.29 is 4.79 Å². The van der Waals surface area contributed by atoms with Crippen molar-refractivity contribution in [3.63, 3.8) is 0 Å². The van der Waals surface area contributed by atoms with Crippen molar-refractivity contribution in [2.45, 2.75) is 39.2 Å². The Morgan fingerprint density at radius 2 is 2.16 bits per heavy atom. The lowest BCUT2D eigenvalue weighted by Crippen LogP contribution is -2.32. The summed E-state index contributed by atoms with van der Waals surface area (Å²) in [6, 6.07) is 7.80. The van der Waals surface area contributed by atoms with Crippen LogP contribution in [0.1, 0.15) is 38.7 Å². The molecule has 3 heteroatoms. The second-order valence-electron chi connectivity index (χ2n) is 5.97. The summed E-state index contributed by atoms with van der Waals surface area (Å²) >= 11 is 6.03. The maximum Gasteiger partial charge on any atom is 0.244 e. The van der Waals surface area contributed by atoms with Crippen LogP contribution < -0.4 is 5.32 Å². The second-order valence-corrected chi connectivity index (χ2v) is 6.37. The van der Waals surface area contributed by atoms with E-state index in [1.807, 2.05) is 24.3 Å². The first-order chi connectivity index (χ1) is 8.96. The van der Waals surface area contributed by atoms with E-state index in [0.717, 1.165) is 18.4 Å². The van der Waals surface area contributed by atoms with Crippen LogP contribution in [0.3, 0.4) is 0 Å². The van der Waals surface area contributed by atoms with Gasteiger partial charge in [0.05, 0.1) is 0 Å². The molecule has 1 amide bonds. The van der Waals surface area contributed by atoms with Gasteiger partial charge in [-0.15, -0.1) is 0 Å². The first-order valence-corrected chi connectivity index (χ1v) is 7.07. The number of benzene rings is 1. The molecule has 1 fully saturated rings. The maximum atomic E-state index is 11.9. The maximum absolute atomic E-state index is 11.9. The molecule has 1 saturated carbocycles. The molecule has 1 aromatic carbocycles. The number of hydrogen-bond donors (Lipinski definition) is 1. The number of nitrogens with one attached hydrogen (secondary N) is 1. The summed E-state index contributed by atoms with van der Waals surface area (Å²) in [7, 11) is 0. The quantitative estimate of drug-likeness (QED) is 0.830. The molecule has 1 aliphatic carbocycles. The molecule has 0 radical (unpaired) electrons. The van der Waals surface area contributed by atoms with Gasteiger partial charge in [-0.25, -0.2) is 0 Å². The lowest BCUT2D eigenvalue weighted by molar-refractivity contribution is -0.117. The second kappa shape index (κ2) is 5.79. The van der Waals surface area contributed by atoms with Crippen molar-refractivity contribution in [3.05, 3.63) is 40.9 Å². The van der Waals surface area contributed by atoms with Crippen LogP contribution >= 0.6 is 11.6 Å². The highest BCUT2D eigenvalue weighted by Crippen LogP contribution is 2.36. The molecule has 0 spiro atoms. The summed E-state index contributed by atoms with van der Waals surface area (Å²) < 4.78 is 0. The van der Waals surface area contributed by atoms with Gasteiger partial charge in [0, 0.05) is 17.1 Å². The van der Waals surface area contributed by atoms with Crippen molar-refractivity contribution in [2.24, 2.45) is 5.41 Å². The fourth-order valence-corrected chi connectivity index (χ4v) is 2.78. The van der Waals surface area contributed by atoms with Crippen LogP contribution in [0.15, 0.2) is 30.3 Å². The monoisotopic (exact) mass is 277 g/mol. The van der Waals surface area contributed by atoms with Gasteiger partial charge in [-0.1, -0.05) is 43.6 Å². The standard InChI is InChI=1S/C16H20ClNO/c1-16(2)10-9-13(11-16)18-15(19)8-7-12-5-3-4-6-14(12)17/h3-8,13H,9-11H2,1-2H3,(H,18,19)/b8-7+. The normalized spacial score (nSPS) is 21.7. The zero-order chi connectivity index (χ0) is 13.9. The molecule has 1 aliphatic rings. The van der Waals surface area contributed by atoms with E-state index in [9.17, 15) is 4.79 Å². The first-order valence-electron chi connectivity index (χ1n) is 6.69. The summed E-state index contributed by atoms with van der Waals surface area (Å²) in [5, 5.41) is 3.72. The highest BCUT2D eigenvalue weighted by molar-refractivity contribution is 6.32. The van der Waals surface area contributed by atoms with Gasteiger partial charge in [0.15, 0.2) is 0 Å². The van der Waals surface area contributed by atoms with E-state index in [1.165, 1.54) is 6.42 Å². The number of hydrogen-bond acceptors (Lipinski definition) is 1. The minimum atomic E-state index is -0.0392. The van der Waals surface area contributed by atoms with Gasteiger partial charge in [-0.3, -0.25) is 4.79 Å². The molecule has 2 rings (SSSR count). The Balaban J connectivity index is 1.90. The zero-order valence-corrected chi connectivity index (χ0v) is 12.2. The first kappa shape index (κ1) is 14.1. The highest BCUT2D eigenvalue weighted by Gasteiger charge is 2.31. The molecule has 1 atom stereocenters. The van der Waals surface area contributed by atoms with E-state index >= 15 is 0 Å². The largest absolute Gasteiger partial charge is 0.350 e. The van der Waals surface area contributed by atoms with E-state index in [-0.39, 0.29) is 5.91 Å². The van der Waals surface area contributed by atoms with Crippen LogP contribution in [0.25, 0.3) is 6.08 Å². The molecule has 1 aromatic rings. The molecular formula is C16H20ClNO. The molecule has 0 aromatic heterocycles. The van der Waals surface area contributed by atoms with Crippen LogP contribution in [0.2, 0.25) is 5.02 Å². The molecule has 19 heavy (non-hydrogen) atoms. The van der Waals surface area contributed by atoms with Gasteiger partial charge in [-0.05, 0) is 42.4 Å². The molecule has 0 saturated heterocycles. The minimum absolute atomic E-state index is 0.0392. The van der Waals surface area contributed by atoms with Gasteiger partial charge < -0.3 is 5.32 Å². The van der Waals surface area contributed by atoms with E-state index < -0.39 is 0 Å². The van der Waals surface area contributed by atoms with Crippen molar-refractivity contribution in [1.82, 2.24) is 5.32 Å². The summed E-state index contributed by atoms with van der Waals surface area (Å²) in [4.78, 5) is 11.9. The lowest BCUT2D eigenvalue weighted by Gasteiger charge is -2.17. The van der Waals surface area contributed by atoms with Crippen molar-refractivity contribution in [1.29, 1.82) is 0 Å². The van der Waals surface area contributed by atoms with Crippen LogP contribution in [0, 0.1) is 5.41 Å². The average Bonchev–Trinajstić information content (AvgIpc) is 2.67. The van der Waals surface area contributed by atoms with Crippen LogP contribution in [0.5, 0.6) is 0 Å². The van der Waals surface area contributed by atoms with Crippen LogP contribution in [-0.4, -0.2) is 11.9 Å². The molecule has 1 unspecified atom stereocenters. The van der Waals surface area contributed by atoms with Crippen LogP contribution in [-0.2, 0) is 4.79 Å². The Labute approximate surface area is 119 Å². The summed E-state index contributed by atoms with van der Waals surface area (Å²) in [5.74, 6) is -0.0392. The summed E-state index contributed by atoms with van der Waals surface area (Å²) in [5.41, 5.74) is 1.22. The van der Waals surface area contributed by atoms with Gasteiger partial charge in [0.25, 0.3) is 0 Å². The lowest BCUT2D eigenvalue weighted by atomic mass is 9.92. The third kappa shape index (κ3) is 4.10. The van der Waals surface area contributed by atoms with Crippen LogP contribution in [0.4, 0.5) is 0 Å². The molecule has 2 nitrogen and oxygen atoms in total. The fraction of sp³-hybridized carbons (Fsp3) is 0.438. The van der Waals surface area contributed by atoms with Gasteiger partial charge >= 0.3 is 0 Å². The van der Waals surface area contributed by atoms with Crippen molar-refractivity contribution in [2.75, 3.05) is 0 Å². The summed E-state index contributed by atoms with van der Waals surface area (Å²) in [6.07, 6.45) is 6.62. The predicted octanol–water partition coefficient (Wildman–Crippen LogP) is 4.05. The van der Waals surface area contributed by atoms with Crippen molar-refractivity contribution >= 4 is 23.6 Å². The van der Waals surface area contributed by atoms with E-state index in [2.05, 4.69) is 19.2 Å². The zero-order valence-electron chi connectivity index (χ0n) is 11.4. The average molecular weight is 278 g/mol. The SMILES string of the molecule is CC1(C)CCC(NC(=O)/C=C/c2ccccc2Cl)C1. The van der Waals surface area contributed by atoms with Gasteiger partial charge in [-0.2, -0.15) is 0 Å². The van der Waals surface area contributed by atoms with E-state index in [4.69, 9.17) is 11.6 Å². The highest BCUT2D eigenvalue weighted by atomic mass is 35.5. The van der Waals surface area contributed by atoms with Gasteiger partial charge in [0.2, 0.25) is 5.91 Å². The fourth-order valence-electron chi connectivity index (χ4n) is 2.58. The molecule has 102 valence electrons. The number of carbonyl (C=O) groups is 1. The Morgan fingerprint density at radius 3 is 2.79 bits per heavy atom. The number of amides is 1. The number of rotatable bonds is 3. The van der Waals surface area contributed by atoms with Crippen molar-refractivity contribution in [3.8, 4) is 0 Å². The van der Waals surface area contributed by atoms with Gasteiger partial charge in [0.1, 0.15) is 0 Å². The topological polar surface area (TPSA) is 29.1 Å². The molecule has 0 aliphatic heterocycles. The summed E-state index contributed by atoms with van der Waals surface area (Å²) in [6.45, 7) is 4.50. The number of halogens is 1. The molecule has 0 heterocycles. The molecular weight excluding hydrogens is 258 g/mol. The third-order valence-electron chi connectivity index (χ3n) is 3.63. The molecule has 1 N–H and O–H groups in total. The molecule has 0 bridgehead atoms. The van der Waals surface area contributed by atoms with E-state index in [1.54, 1.807) is 12.2 Å².